The maximum absolute atomic E-state index is 11.5. The van der Waals surface area contributed by atoms with Gasteiger partial charge < -0.3 is 9.64 Å². The summed E-state index contributed by atoms with van der Waals surface area (Å²) in [4.78, 5) is 27.5. The average molecular weight is 308 g/mol. The molecule has 0 saturated carbocycles. The fourth-order valence-corrected chi connectivity index (χ4v) is 2.54. The van der Waals surface area contributed by atoms with E-state index in [0.29, 0.717) is 16.0 Å². The van der Waals surface area contributed by atoms with Crippen molar-refractivity contribution in [1.82, 2.24) is 14.7 Å². The molecule has 2 amide bonds. The van der Waals surface area contributed by atoms with Crippen molar-refractivity contribution in [1.29, 1.82) is 0 Å². The van der Waals surface area contributed by atoms with Gasteiger partial charge in [-0.2, -0.15) is 4.99 Å². The smallest absolute Gasteiger partial charge is 0.437 e. The maximum atomic E-state index is 11.5. The molecule has 9 nitrogen and oxygen atoms in total. The van der Waals surface area contributed by atoms with Gasteiger partial charge in [-0.05, 0) is 0 Å². The van der Waals surface area contributed by atoms with Gasteiger partial charge in [-0.1, -0.05) is 11.3 Å². The first-order valence-corrected chi connectivity index (χ1v) is 7.52. The predicted molar refractivity (Wildman–Crippen MR) is 65.7 cm³/mol. The van der Waals surface area contributed by atoms with Gasteiger partial charge in [0.1, 0.15) is 0 Å². The lowest BCUT2D eigenvalue weighted by Gasteiger charge is -2.03. The Balaban J connectivity index is 3.49. The molecular weight excluding hydrogens is 296 g/mol. The number of rotatable bonds is 1. The molecule has 0 bridgehead atoms. The summed E-state index contributed by atoms with van der Waals surface area (Å²) in [6, 6.07) is -0.652. The first-order chi connectivity index (χ1) is 8.66. The first-order valence-electron chi connectivity index (χ1n) is 4.81. The minimum atomic E-state index is -3.61. The predicted octanol–water partition coefficient (Wildman–Crippen LogP) is -0.455. The van der Waals surface area contributed by atoms with Gasteiger partial charge >= 0.3 is 12.1 Å². The number of carbonyl (C=O) groups is 2. The van der Waals surface area contributed by atoms with E-state index in [1.165, 1.54) is 19.0 Å². The topological polar surface area (TPSA) is 111 Å². The number of carbonyl (C=O) groups excluding carboxylic acids is 2. The van der Waals surface area contributed by atoms with Crippen LogP contribution in [-0.2, 0) is 14.6 Å². The molecule has 1 rings (SSSR count). The van der Waals surface area contributed by atoms with Crippen LogP contribution < -0.4 is 4.80 Å². The summed E-state index contributed by atoms with van der Waals surface area (Å²) in [7, 11) is 0.425. The summed E-state index contributed by atoms with van der Waals surface area (Å²) < 4.78 is 27.5. The molecule has 0 aliphatic rings. The van der Waals surface area contributed by atoms with E-state index >= 15 is 0 Å². The van der Waals surface area contributed by atoms with E-state index in [1.54, 1.807) is 0 Å². The summed E-state index contributed by atoms with van der Waals surface area (Å²) in [6.07, 6.45) is 0.00168. The Morgan fingerprint density at radius 2 is 2.00 bits per heavy atom. The molecule has 0 aliphatic carbocycles. The van der Waals surface area contributed by atoms with Crippen molar-refractivity contribution in [3.05, 3.63) is 4.80 Å². The minimum Gasteiger partial charge on any atom is -0.451 e. The van der Waals surface area contributed by atoms with Crippen LogP contribution in [0.1, 0.15) is 0 Å². The minimum absolute atomic E-state index is 0.175. The van der Waals surface area contributed by atoms with E-state index in [2.05, 4.69) is 14.8 Å². The molecule has 1 aromatic rings. The van der Waals surface area contributed by atoms with E-state index in [1.807, 2.05) is 0 Å². The van der Waals surface area contributed by atoms with Crippen molar-refractivity contribution in [2.24, 2.45) is 4.99 Å². The Hall–Kier alpha value is -1.75. The Labute approximate surface area is 113 Å². The largest absolute Gasteiger partial charge is 0.451 e. The van der Waals surface area contributed by atoms with Crippen LogP contribution in [-0.4, -0.2) is 62.7 Å². The second-order valence-corrected chi connectivity index (χ2v) is 6.74. The van der Waals surface area contributed by atoms with Crippen LogP contribution >= 0.6 is 11.3 Å². The second kappa shape index (κ2) is 5.48. The molecule has 106 valence electrons. The number of aromatic nitrogens is 2. The monoisotopic (exact) mass is 308 g/mol. The standard InChI is InChI=1S/C8H12N4O5S2/c1-11(2)5(13)9-6-12(8(14)17-3)10-7(18-6)19(4,15)16/h1-4H3. The molecule has 0 fully saturated rings. The van der Waals surface area contributed by atoms with E-state index in [0.717, 1.165) is 13.4 Å². The lowest BCUT2D eigenvalue weighted by Crippen LogP contribution is -2.28. The van der Waals surface area contributed by atoms with Gasteiger partial charge in [0.25, 0.3) is 0 Å². The Kier molecular flexibility index (Phi) is 4.42. The van der Waals surface area contributed by atoms with Crippen molar-refractivity contribution in [3.8, 4) is 0 Å². The molecule has 1 heterocycles. The lowest BCUT2D eigenvalue weighted by atomic mass is 10.8. The number of urea groups is 1. The molecular formula is C8H12N4O5S2. The van der Waals surface area contributed by atoms with Crippen LogP contribution in [0.5, 0.6) is 0 Å². The Morgan fingerprint density at radius 1 is 1.42 bits per heavy atom. The molecule has 1 aromatic heterocycles. The fraction of sp³-hybridized carbons (Fsp3) is 0.500. The molecule has 0 spiro atoms. The number of amides is 2. The molecule has 0 N–H and O–H groups in total. The molecule has 11 heteroatoms. The summed E-state index contributed by atoms with van der Waals surface area (Å²) >= 11 is 0.605. The zero-order chi connectivity index (χ0) is 14.8. The quantitative estimate of drug-likeness (QED) is 0.694. The van der Waals surface area contributed by atoms with Crippen molar-refractivity contribution < 1.29 is 22.7 Å². The maximum Gasteiger partial charge on any atom is 0.437 e. The molecule has 0 unspecified atom stereocenters. The van der Waals surface area contributed by atoms with Gasteiger partial charge in [-0.3, -0.25) is 0 Å². The molecule has 0 radical (unpaired) electrons. The molecule has 0 saturated heterocycles. The fourth-order valence-electron chi connectivity index (χ4n) is 0.873. The third kappa shape index (κ3) is 3.61. The normalized spacial score (nSPS) is 12.3. The van der Waals surface area contributed by atoms with E-state index in [4.69, 9.17) is 0 Å². The summed E-state index contributed by atoms with van der Waals surface area (Å²) in [5, 5.41) is 3.57. The zero-order valence-electron chi connectivity index (χ0n) is 10.6. The summed E-state index contributed by atoms with van der Waals surface area (Å²) in [5.74, 6) is 0. The number of sulfone groups is 1. The SMILES string of the molecule is COC(=O)n1nc(S(C)(=O)=O)sc1=NC(=O)N(C)C. The Bertz CT molecular complexity index is 670. The van der Waals surface area contributed by atoms with Crippen molar-refractivity contribution in [2.45, 2.75) is 4.34 Å². The second-order valence-electron chi connectivity index (χ2n) is 3.59. The first kappa shape index (κ1) is 15.3. The van der Waals surface area contributed by atoms with Crippen molar-refractivity contribution >= 4 is 33.3 Å². The van der Waals surface area contributed by atoms with Gasteiger partial charge in [0.2, 0.25) is 19.0 Å². The number of nitrogens with zero attached hydrogens (tertiary/aromatic N) is 4. The summed E-state index contributed by atoms with van der Waals surface area (Å²) in [5.41, 5.74) is 0. The molecule has 0 atom stereocenters. The number of hydrogen-bond acceptors (Lipinski definition) is 7. The van der Waals surface area contributed by atoms with E-state index in [-0.39, 0.29) is 9.14 Å². The van der Waals surface area contributed by atoms with Crippen molar-refractivity contribution in [2.75, 3.05) is 27.5 Å². The highest BCUT2D eigenvalue weighted by molar-refractivity contribution is 7.92. The highest BCUT2D eigenvalue weighted by Crippen LogP contribution is 2.07. The van der Waals surface area contributed by atoms with Gasteiger partial charge in [0.05, 0.1) is 7.11 Å². The third-order valence-electron chi connectivity index (χ3n) is 1.78. The average Bonchev–Trinajstić information content (AvgIpc) is 2.71. The number of hydrogen-bond donors (Lipinski definition) is 0. The number of methoxy groups -OCH3 is 1. The Morgan fingerprint density at radius 3 is 2.42 bits per heavy atom. The van der Waals surface area contributed by atoms with Crippen LogP contribution in [0, 0.1) is 0 Å². The lowest BCUT2D eigenvalue weighted by molar-refractivity contribution is 0.167. The van der Waals surface area contributed by atoms with Gasteiger partial charge in [0, 0.05) is 20.4 Å². The van der Waals surface area contributed by atoms with Crippen LogP contribution in [0.15, 0.2) is 9.33 Å². The molecule has 19 heavy (non-hydrogen) atoms. The van der Waals surface area contributed by atoms with E-state index in [9.17, 15) is 18.0 Å². The van der Waals surface area contributed by atoms with Gasteiger partial charge in [0.15, 0.2) is 0 Å². The molecule has 0 aromatic carbocycles. The van der Waals surface area contributed by atoms with E-state index < -0.39 is 22.0 Å². The highest BCUT2D eigenvalue weighted by atomic mass is 32.2. The highest BCUT2D eigenvalue weighted by Gasteiger charge is 2.19. The molecule has 0 aliphatic heterocycles. The van der Waals surface area contributed by atoms with Crippen LogP contribution in [0.4, 0.5) is 9.59 Å². The third-order valence-corrected chi connectivity index (χ3v) is 4.36. The van der Waals surface area contributed by atoms with Crippen LogP contribution in [0.25, 0.3) is 0 Å². The van der Waals surface area contributed by atoms with Crippen LogP contribution in [0.3, 0.4) is 0 Å². The van der Waals surface area contributed by atoms with Crippen molar-refractivity contribution in [3.63, 3.8) is 0 Å². The van der Waals surface area contributed by atoms with Gasteiger partial charge in [-0.25, -0.2) is 18.0 Å². The van der Waals surface area contributed by atoms with Gasteiger partial charge in [-0.15, -0.1) is 9.78 Å². The van der Waals surface area contributed by atoms with Crippen LogP contribution in [0.2, 0.25) is 0 Å². The summed E-state index contributed by atoms with van der Waals surface area (Å²) in [6.45, 7) is 0. The zero-order valence-corrected chi connectivity index (χ0v) is 12.3. The number of ether oxygens (including phenoxy) is 1.